The zero-order chi connectivity index (χ0) is 35.6. The first-order valence-electron chi connectivity index (χ1n) is 18.8. The molecule has 0 amide bonds. The monoisotopic (exact) mass is 692 g/mol. The lowest BCUT2D eigenvalue weighted by Gasteiger charge is -2.24. The molecule has 12 heteroatoms. The predicted octanol–water partition coefficient (Wildman–Crippen LogP) is 3.86. The van der Waals surface area contributed by atoms with Crippen molar-refractivity contribution in [3.05, 3.63) is 0 Å². The molecule has 2 rings (SSSR count). The quantitative estimate of drug-likeness (QED) is 0.0568. The summed E-state index contributed by atoms with van der Waals surface area (Å²) >= 11 is 0. The lowest BCUT2D eigenvalue weighted by molar-refractivity contribution is -0.163. The molecule has 2 saturated heterocycles. The Kier molecular flexibility index (Phi) is 26.3. The molecule has 0 spiro atoms. The molecular formula is C36H68O12. The second-order valence-electron chi connectivity index (χ2n) is 13.3. The summed E-state index contributed by atoms with van der Waals surface area (Å²) in [6, 6.07) is 0. The van der Waals surface area contributed by atoms with Gasteiger partial charge in [0.2, 0.25) is 0 Å². The minimum absolute atomic E-state index is 0.0157. The van der Waals surface area contributed by atoms with Gasteiger partial charge in [-0.3, -0.25) is 9.59 Å². The average molecular weight is 693 g/mol. The summed E-state index contributed by atoms with van der Waals surface area (Å²) in [5, 5.41) is 57.0. The van der Waals surface area contributed by atoms with Crippen LogP contribution >= 0.6 is 0 Å². The summed E-state index contributed by atoms with van der Waals surface area (Å²) in [6.45, 7) is 3.52. The SMILES string of the molecule is CCCCCCCCCCCC(=O)O[C@H](CO)[C@H]1OC[C@H](O)[C@H]1O.CCCCCCCCCCCC(=O)O[C@H](CO)[C@H]1OC[C@H](O)[C@H]1O. The third-order valence-corrected chi connectivity index (χ3v) is 9.01. The molecule has 0 aliphatic carbocycles. The molecule has 284 valence electrons. The first-order valence-corrected chi connectivity index (χ1v) is 18.8. The van der Waals surface area contributed by atoms with Gasteiger partial charge in [0.1, 0.15) is 36.6 Å². The Morgan fingerprint density at radius 1 is 0.542 bits per heavy atom. The number of aliphatic hydroxyl groups is 6. The fraction of sp³-hybridized carbons (Fsp3) is 0.944. The summed E-state index contributed by atoms with van der Waals surface area (Å²) in [6.07, 6.45) is 13.8. The number of esters is 2. The van der Waals surface area contributed by atoms with Gasteiger partial charge in [0, 0.05) is 12.8 Å². The second-order valence-corrected chi connectivity index (χ2v) is 13.3. The van der Waals surface area contributed by atoms with Crippen molar-refractivity contribution in [3.8, 4) is 0 Å². The number of rotatable bonds is 26. The smallest absolute Gasteiger partial charge is 0.306 e. The summed E-state index contributed by atoms with van der Waals surface area (Å²) in [5.74, 6) is -0.789. The van der Waals surface area contributed by atoms with Crippen LogP contribution in [0.3, 0.4) is 0 Å². The van der Waals surface area contributed by atoms with Crippen molar-refractivity contribution in [1.29, 1.82) is 0 Å². The number of ether oxygens (including phenoxy) is 4. The number of aliphatic hydroxyl groups excluding tert-OH is 6. The molecule has 0 aromatic carbocycles. The highest BCUT2D eigenvalue weighted by molar-refractivity contribution is 5.70. The van der Waals surface area contributed by atoms with E-state index in [1.165, 1.54) is 77.0 Å². The fourth-order valence-corrected chi connectivity index (χ4v) is 5.94. The zero-order valence-corrected chi connectivity index (χ0v) is 29.7. The summed E-state index contributed by atoms with van der Waals surface area (Å²) < 4.78 is 20.8. The molecule has 12 nitrogen and oxygen atoms in total. The largest absolute Gasteiger partial charge is 0.457 e. The van der Waals surface area contributed by atoms with E-state index in [9.17, 15) is 40.2 Å². The molecule has 6 N–H and O–H groups in total. The van der Waals surface area contributed by atoms with Gasteiger partial charge in [0.05, 0.1) is 26.4 Å². The normalized spacial score (nSPS) is 24.9. The minimum atomic E-state index is -1.14. The summed E-state index contributed by atoms with van der Waals surface area (Å²) in [4.78, 5) is 23.7. The van der Waals surface area contributed by atoms with Crippen LogP contribution in [0.1, 0.15) is 142 Å². The highest BCUT2D eigenvalue weighted by atomic mass is 16.6. The van der Waals surface area contributed by atoms with Crippen LogP contribution in [0.4, 0.5) is 0 Å². The first-order chi connectivity index (χ1) is 23.2. The number of unbranched alkanes of at least 4 members (excludes halogenated alkanes) is 16. The van der Waals surface area contributed by atoms with E-state index in [1.807, 2.05) is 0 Å². The topological polar surface area (TPSA) is 192 Å². The predicted molar refractivity (Wildman–Crippen MR) is 181 cm³/mol. The molecule has 2 fully saturated rings. The number of carbonyl (C=O) groups is 2. The minimum Gasteiger partial charge on any atom is -0.457 e. The van der Waals surface area contributed by atoms with Crippen molar-refractivity contribution in [2.75, 3.05) is 26.4 Å². The summed E-state index contributed by atoms with van der Waals surface area (Å²) in [7, 11) is 0. The highest BCUT2D eigenvalue weighted by Gasteiger charge is 2.42. The molecule has 8 atom stereocenters. The first kappa shape index (κ1) is 44.6. The lowest BCUT2D eigenvalue weighted by atomic mass is 10.1. The Hall–Kier alpha value is -1.38. The van der Waals surface area contributed by atoms with Crippen LogP contribution in [0.15, 0.2) is 0 Å². The van der Waals surface area contributed by atoms with Crippen LogP contribution in [0.2, 0.25) is 0 Å². The van der Waals surface area contributed by atoms with E-state index in [2.05, 4.69) is 13.8 Å². The van der Waals surface area contributed by atoms with Crippen LogP contribution in [-0.2, 0) is 28.5 Å². The van der Waals surface area contributed by atoms with Crippen molar-refractivity contribution < 1.29 is 59.2 Å². The van der Waals surface area contributed by atoms with E-state index in [0.29, 0.717) is 12.8 Å². The van der Waals surface area contributed by atoms with Gasteiger partial charge in [0.25, 0.3) is 0 Å². The third-order valence-electron chi connectivity index (χ3n) is 9.01. The Morgan fingerprint density at radius 2 is 0.833 bits per heavy atom. The van der Waals surface area contributed by atoms with Crippen molar-refractivity contribution in [1.82, 2.24) is 0 Å². The van der Waals surface area contributed by atoms with Gasteiger partial charge in [-0.2, -0.15) is 0 Å². The molecule has 0 aromatic heterocycles. The Labute approximate surface area is 288 Å². The van der Waals surface area contributed by atoms with Crippen LogP contribution in [0, 0.1) is 0 Å². The van der Waals surface area contributed by atoms with Gasteiger partial charge in [-0.15, -0.1) is 0 Å². The lowest BCUT2D eigenvalue weighted by Crippen LogP contribution is -2.43. The average Bonchev–Trinajstić information content (AvgIpc) is 3.59. The van der Waals surface area contributed by atoms with Gasteiger partial charge in [-0.1, -0.05) is 117 Å². The van der Waals surface area contributed by atoms with Gasteiger partial charge >= 0.3 is 11.9 Å². The van der Waals surface area contributed by atoms with Crippen LogP contribution in [-0.4, -0.2) is 118 Å². The van der Waals surface area contributed by atoms with E-state index >= 15 is 0 Å². The fourth-order valence-electron chi connectivity index (χ4n) is 5.94. The Morgan fingerprint density at radius 3 is 1.08 bits per heavy atom. The van der Waals surface area contributed by atoms with E-state index in [1.54, 1.807) is 0 Å². The number of hydrogen-bond donors (Lipinski definition) is 6. The Balaban J connectivity index is 0.000000480. The highest BCUT2D eigenvalue weighted by Crippen LogP contribution is 2.22. The van der Waals surface area contributed by atoms with Crippen LogP contribution < -0.4 is 0 Å². The molecular weight excluding hydrogens is 624 g/mol. The number of hydrogen-bond acceptors (Lipinski definition) is 12. The zero-order valence-electron chi connectivity index (χ0n) is 29.7. The van der Waals surface area contributed by atoms with Crippen LogP contribution in [0.5, 0.6) is 0 Å². The van der Waals surface area contributed by atoms with Gasteiger partial charge in [-0.05, 0) is 12.8 Å². The van der Waals surface area contributed by atoms with Gasteiger partial charge in [0.15, 0.2) is 12.2 Å². The molecule has 2 aliphatic heterocycles. The van der Waals surface area contributed by atoms with E-state index in [4.69, 9.17) is 18.9 Å². The summed E-state index contributed by atoms with van der Waals surface area (Å²) in [5.41, 5.74) is 0. The molecule has 2 heterocycles. The van der Waals surface area contributed by atoms with E-state index < -0.39 is 74.0 Å². The molecule has 0 unspecified atom stereocenters. The van der Waals surface area contributed by atoms with Crippen molar-refractivity contribution in [3.63, 3.8) is 0 Å². The van der Waals surface area contributed by atoms with Gasteiger partial charge < -0.3 is 49.6 Å². The maximum Gasteiger partial charge on any atom is 0.306 e. The molecule has 0 radical (unpaired) electrons. The molecule has 0 aromatic rings. The van der Waals surface area contributed by atoms with Crippen molar-refractivity contribution in [2.45, 2.75) is 191 Å². The van der Waals surface area contributed by atoms with E-state index in [-0.39, 0.29) is 13.2 Å². The standard InChI is InChI=1S/2C18H34O6/c2*1-2-3-4-5-6-7-8-9-10-11-16(21)24-15(12-19)18-17(22)14(20)13-23-18/h2*14-15,17-20,22H,2-13H2,1H3/t2*14-,15+,17+,18+/m00/s1. The molecule has 2 aliphatic rings. The number of carbonyl (C=O) groups excluding carboxylic acids is 2. The van der Waals surface area contributed by atoms with Crippen molar-refractivity contribution >= 4 is 11.9 Å². The maximum atomic E-state index is 11.8. The Bertz CT molecular complexity index is 735. The molecule has 0 bridgehead atoms. The molecule has 48 heavy (non-hydrogen) atoms. The van der Waals surface area contributed by atoms with E-state index in [0.717, 1.165) is 38.5 Å². The van der Waals surface area contributed by atoms with Crippen LogP contribution in [0.25, 0.3) is 0 Å². The maximum absolute atomic E-state index is 11.8. The molecule has 0 saturated carbocycles. The third kappa shape index (κ3) is 19.1. The van der Waals surface area contributed by atoms with Crippen molar-refractivity contribution in [2.24, 2.45) is 0 Å². The van der Waals surface area contributed by atoms with Gasteiger partial charge in [-0.25, -0.2) is 0 Å². The second kappa shape index (κ2) is 28.3.